The Morgan fingerprint density at radius 1 is 1.07 bits per heavy atom. The summed E-state index contributed by atoms with van der Waals surface area (Å²) < 4.78 is 0. The maximum absolute atomic E-state index is 13.1. The predicted molar refractivity (Wildman–Crippen MR) is 116 cm³/mol. The van der Waals surface area contributed by atoms with Crippen LogP contribution in [0.2, 0.25) is 0 Å². The molecule has 1 fully saturated rings. The number of benzene rings is 2. The first-order valence-electron chi connectivity index (χ1n) is 10.1. The third-order valence-corrected chi connectivity index (χ3v) is 5.29. The molecule has 1 aliphatic rings. The number of carbonyl (C=O) groups is 1. The lowest BCUT2D eigenvalue weighted by Crippen LogP contribution is -2.30. The quantitative estimate of drug-likeness (QED) is 0.655. The Balaban J connectivity index is 1.73. The molecular weight excluding hydrogens is 360 g/mol. The fourth-order valence-corrected chi connectivity index (χ4v) is 3.76. The molecule has 5 heteroatoms. The molecule has 148 valence electrons. The Morgan fingerprint density at radius 2 is 1.83 bits per heavy atom. The van der Waals surface area contributed by atoms with E-state index in [1.807, 2.05) is 47.2 Å². The highest BCUT2D eigenvalue weighted by Gasteiger charge is 2.25. The minimum absolute atomic E-state index is 0.0215. The molecule has 0 radical (unpaired) electrons. The second-order valence-electron chi connectivity index (χ2n) is 7.64. The standard InChI is InChI=1S/C24H26N4O/c1-18-9-8-12-20(15-18)22-25-16-21(24(29)28-13-6-7-14-28)23(26-22)27(2)17-19-10-4-3-5-11-19/h3-5,8-12,15-16H,6-7,13-14,17H2,1-2H3. The highest BCUT2D eigenvalue weighted by atomic mass is 16.2. The van der Waals surface area contributed by atoms with Gasteiger partial charge in [-0.2, -0.15) is 0 Å². The zero-order valence-electron chi connectivity index (χ0n) is 17.0. The van der Waals surface area contributed by atoms with Crippen LogP contribution >= 0.6 is 0 Å². The molecule has 3 aromatic rings. The van der Waals surface area contributed by atoms with Gasteiger partial charge in [0.25, 0.3) is 5.91 Å². The van der Waals surface area contributed by atoms with E-state index in [2.05, 4.69) is 36.2 Å². The molecule has 0 N–H and O–H groups in total. The van der Waals surface area contributed by atoms with E-state index in [1.165, 1.54) is 5.56 Å². The summed E-state index contributed by atoms with van der Waals surface area (Å²) in [5.41, 5.74) is 3.86. The molecule has 1 amide bonds. The second kappa shape index (κ2) is 8.43. The van der Waals surface area contributed by atoms with Crippen molar-refractivity contribution < 1.29 is 4.79 Å². The first kappa shape index (κ1) is 19.1. The molecule has 1 aliphatic heterocycles. The molecule has 0 bridgehead atoms. The van der Waals surface area contributed by atoms with E-state index in [-0.39, 0.29) is 5.91 Å². The molecule has 1 saturated heterocycles. The van der Waals surface area contributed by atoms with Crippen molar-refractivity contribution in [3.05, 3.63) is 77.5 Å². The third-order valence-electron chi connectivity index (χ3n) is 5.29. The zero-order chi connectivity index (χ0) is 20.2. The SMILES string of the molecule is Cc1cccc(-c2ncc(C(=O)N3CCCC3)c(N(C)Cc3ccccc3)n2)c1. The molecule has 5 nitrogen and oxygen atoms in total. The van der Waals surface area contributed by atoms with E-state index in [0.29, 0.717) is 23.8 Å². The van der Waals surface area contributed by atoms with Gasteiger partial charge in [0.2, 0.25) is 0 Å². The molecule has 0 saturated carbocycles. The van der Waals surface area contributed by atoms with Crippen LogP contribution in [-0.2, 0) is 6.54 Å². The van der Waals surface area contributed by atoms with Gasteiger partial charge >= 0.3 is 0 Å². The summed E-state index contributed by atoms with van der Waals surface area (Å²) in [5.74, 6) is 1.34. The molecule has 2 aromatic carbocycles. The van der Waals surface area contributed by atoms with Crippen LogP contribution < -0.4 is 4.90 Å². The summed E-state index contributed by atoms with van der Waals surface area (Å²) in [7, 11) is 1.98. The number of aromatic nitrogens is 2. The molecule has 0 spiro atoms. The lowest BCUT2D eigenvalue weighted by atomic mass is 10.1. The monoisotopic (exact) mass is 386 g/mol. The summed E-state index contributed by atoms with van der Waals surface area (Å²) in [4.78, 5) is 26.5. The van der Waals surface area contributed by atoms with Gasteiger partial charge in [0, 0.05) is 38.4 Å². The van der Waals surface area contributed by atoms with Gasteiger partial charge in [-0.25, -0.2) is 9.97 Å². The topological polar surface area (TPSA) is 49.3 Å². The number of amides is 1. The maximum Gasteiger partial charge on any atom is 0.259 e. The predicted octanol–water partition coefficient (Wildman–Crippen LogP) is 4.32. The molecular formula is C24H26N4O. The smallest absolute Gasteiger partial charge is 0.259 e. The van der Waals surface area contributed by atoms with Crippen LogP contribution in [0.15, 0.2) is 60.8 Å². The number of nitrogens with zero attached hydrogens (tertiary/aromatic N) is 4. The Morgan fingerprint density at radius 3 is 2.55 bits per heavy atom. The lowest BCUT2D eigenvalue weighted by molar-refractivity contribution is 0.0792. The van der Waals surface area contributed by atoms with Gasteiger partial charge in [0.05, 0.1) is 0 Å². The summed E-state index contributed by atoms with van der Waals surface area (Å²) in [6, 6.07) is 18.4. The summed E-state index contributed by atoms with van der Waals surface area (Å²) >= 11 is 0. The Hall–Kier alpha value is -3.21. The number of likely N-dealkylation sites (tertiary alicyclic amines) is 1. The van der Waals surface area contributed by atoms with Gasteiger partial charge < -0.3 is 9.80 Å². The van der Waals surface area contributed by atoms with Crippen molar-refractivity contribution in [2.45, 2.75) is 26.3 Å². The van der Waals surface area contributed by atoms with E-state index < -0.39 is 0 Å². The van der Waals surface area contributed by atoms with Crippen molar-refractivity contribution in [1.29, 1.82) is 0 Å². The Kier molecular flexibility index (Phi) is 5.56. The third kappa shape index (κ3) is 4.29. The second-order valence-corrected chi connectivity index (χ2v) is 7.64. The van der Waals surface area contributed by atoms with Gasteiger partial charge in [-0.05, 0) is 31.4 Å². The number of rotatable bonds is 5. The number of carbonyl (C=O) groups excluding carboxylic acids is 1. The van der Waals surface area contributed by atoms with E-state index in [0.717, 1.165) is 37.1 Å². The van der Waals surface area contributed by atoms with Crippen LogP contribution in [0.25, 0.3) is 11.4 Å². The molecule has 29 heavy (non-hydrogen) atoms. The van der Waals surface area contributed by atoms with Gasteiger partial charge in [0.1, 0.15) is 11.4 Å². The fourth-order valence-electron chi connectivity index (χ4n) is 3.76. The van der Waals surface area contributed by atoms with Gasteiger partial charge in [-0.1, -0.05) is 54.1 Å². The largest absolute Gasteiger partial charge is 0.355 e. The molecule has 2 heterocycles. The number of hydrogen-bond donors (Lipinski definition) is 0. The van der Waals surface area contributed by atoms with Crippen LogP contribution in [0.5, 0.6) is 0 Å². The average molecular weight is 386 g/mol. The van der Waals surface area contributed by atoms with E-state index in [1.54, 1.807) is 6.20 Å². The van der Waals surface area contributed by atoms with Crippen molar-refractivity contribution >= 4 is 11.7 Å². The zero-order valence-corrected chi connectivity index (χ0v) is 17.0. The lowest BCUT2D eigenvalue weighted by Gasteiger charge is -2.23. The van der Waals surface area contributed by atoms with E-state index in [9.17, 15) is 4.79 Å². The van der Waals surface area contributed by atoms with Crippen LogP contribution in [0, 0.1) is 6.92 Å². The molecule has 4 rings (SSSR count). The summed E-state index contributed by atoms with van der Waals surface area (Å²) in [6.07, 6.45) is 3.81. The molecule has 0 atom stereocenters. The maximum atomic E-state index is 13.1. The number of hydrogen-bond acceptors (Lipinski definition) is 4. The van der Waals surface area contributed by atoms with Crippen molar-refractivity contribution in [2.75, 3.05) is 25.0 Å². The van der Waals surface area contributed by atoms with Crippen molar-refractivity contribution in [3.8, 4) is 11.4 Å². The average Bonchev–Trinajstić information content (AvgIpc) is 3.28. The van der Waals surface area contributed by atoms with E-state index in [4.69, 9.17) is 4.98 Å². The summed E-state index contributed by atoms with van der Waals surface area (Å²) in [5, 5.41) is 0. The minimum Gasteiger partial charge on any atom is -0.355 e. The van der Waals surface area contributed by atoms with Crippen molar-refractivity contribution in [3.63, 3.8) is 0 Å². The summed E-state index contributed by atoms with van der Waals surface area (Å²) in [6.45, 7) is 4.34. The van der Waals surface area contributed by atoms with Crippen LogP contribution in [0.3, 0.4) is 0 Å². The Labute approximate surface area is 172 Å². The van der Waals surface area contributed by atoms with Crippen LogP contribution in [0.4, 0.5) is 5.82 Å². The first-order chi connectivity index (χ1) is 14.1. The van der Waals surface area contributed by atoms with Crippen molar-refractivity contribution in [1.82, 2.24) is 14.9 Å². The molecule has 0 unspecified atom stereocenters. The van der Waals surface area contributed by atoms with Gasteiger partial charge in [0.15, 0.2) is 5.82 Å². The fraction of sp³-hybridized carbons (Fsp3) is 0.292. The van der Waals surface area contributed by atoms with Crippen LogP contribution in [-0.4, -0.2) is 40.9 Å². The first-order valence-corrected chi connectivity index (χ1v) is 10.1. The molecule has 1 aromatic heterocycles. The van der Waals surface area contributed by atoms with Crippen LogP contribution in [0.1, 0.15) is 34.3 Å². The van der Waals surface area contributed by atoms with Gasteiger partial charge in [-0.3, -0.25) is 4.79 Å². The highest BCUT2D eigenvalue weighted by molar-refractivity contribution is 5.99. The van der Waals surface area contributed by atoms with E-state index >= 15 is 0 Å². The minimum atomic E-state index is 0.0215. The van der Waals surface area contributed by atoms with Crippen molar-refractivity contribution in [2.24, 2.45) is 0 Å². The number of aryl methyl sites for hydroxylation is 1. The molecule has 0 aliphatic carbocycles. The van der Waals surface area contributed by atoms with Gasteiger partial charge in [-0.15, -0.1) is 0 Å². The normalized spacial score (nSPS) is 13.5. The highest BCUT2D eigenvalue weighted by Crippen LogP contribution is 2.25. The Bertz CT molecular complexity index is 997. The number of anilines is 1.